The molecule has 1 unspecified atom stereocenters. The van der Waals surface area contributed by atoms with Crippen LogP contribution < -0.4 is 5.32 Å². The van der Waals surface area contributed by atoms with E-state index in [1.807, 2.05) is 25.3 Å². The molecule has 0 fully saturated rings. The van der Waals surface area contributed by atoms with Crippen LogP contribution in [-0.4, -0.2) is 21.8 Å². The summed E-state index contributed by atoms with van der Waals surface area (Å²) in [6.07, 6.45) is 4.89. The molecule has 0 saturated heterocycles. The molecule has 4 nitrogen and oxygen atoms in total. The third kappa shape index (κ3) is 4.32. The van der Waals surface area contributed by atoms with Gasteiger partial charge in [0.1, 0.15) is 5.75 Å². The predicted molar refractivity (Wildman–Crippen MR) is 88.5 cm³/mol. The van der Waals surface area contributed by atoms with Crippen molar-refractivity contribution in [1.29, 1.82) is 0 Å². The highest BCUT2D eigenvalue weighted by molar-refractivity contribution is 9.10. The summed E-state index contributed by atoms with van der Waals surface area (Å²) >= 11 is 3.46. The van der Waals surface area contributed by atoms with Gasteiger partial charge < -0.3 is 10.4 Å². The SMILES string of the molecule is CCC(NCCCc1cn[nH]c1C)c1cc(Br)ccc1O. The monoisotopic (exact) mass is 351 g/mol. The zero-order valence-electron chi connectivity index (χ0n) is 12.5. The summed E-state index contributed by atoms with van der Waals surface area (Å²) in [7, 11) is 0. The number of aromatic amines is 1. The second-order valence-electron chi connectivity index (χ2n) is 5.24. The Kier molecular flexibility index (Phi) is 5.82. The molecule has 2 aromatic rings. The van der Waals surface area contributed by atoms with E-state index in [0.29, 0.717) is 5.75 Å². The van der Waals surface area contributed by atoms with Crippen molar-refractivity contribution < 1.29 is 5.11 Å². The molecule has 3 N–H and O–H groups in total. The van der Waals surface area contributed by atoms with Crippen molar-refractivity contribution in [2.24, 2.45) is 0 Å². The van der Waals surface area contributed by atoms with Crippen LogP contribution in [0.5, 0.6) is 5.75 Å². The van der Waals surface area contributed by atoms with Crippen LogP contribution in [0.1, 0.15) is 42.6 Å². The molecule has 1 heterocycles. The normalized spacial score (nSPS) is 12.5. The molecule has 2 rings (SSSR count). The largest absolute Gasteiger partial charge is 0.508 e. The number of rotatable bonds is 7. The van der Waals surface area contributed by atoms with Crippen LogP contribution in [0.2, 0.25) is 0 Å². The summed E-state index contributed by atoms with van der Waals surface area (Å²) in [5.74, 6) is 0.350. The Bertz CT molecular complexity index is 583. The lowest BCUT2D eigenvalue weighted by molar-refractivity contribution is 0.439. The molecular formula is C16H22BrN3O. The number of hydrogen-bond acceptors (Lipinski definition) is 3. The van der Waals surface area contributed by atoms with E-state index in [-0.39, 0.29) is 6.04 Å². The fourth-order valence-electron chi connectivity index (χ4n) is 2.46. The van der Waals surface area contributed by atoms with Gasteiger partial charge in [-0.25, -0.2) is 0 Å². The Balaban J connectivity index is 1.88. The van der Waals surface area contributed by atoms with Gasteiger partial charge in [-0.1, -0.05) is 22.9 Å². The smallest absolute Gasteiger partial charge is 0.120 e. The zero-order valence-corrected chi connectivity index (χ0v) is 14.1. The minimum Gasteiger partial charge on any atom is -0.508 e. The van der Waals surface area contributed by atoms with Crippen molar-refractivity contribution in [2.45, 2.75) is 39.2 Å². The third-order valence-corrected chi connectivity index (χ3v) is 4.21. The number of nitrogens with zero attached hydrogens (tertiary/aromatic N) is 1. The first-order valence-corrected chi connectivity index (χ1v) is 8.11. The number of H-pyrrole nitrogens is 1. The number of hydrogen-bond donors (Lipinski definition) is 3. The second-order valence-corrected chi connectivity index (χ2v) is 6.16. The summed E-state index contributed by atoms with van der Waals surface area (Å²) in [5.41, 5.74) is 3.37. The summed E-state index contributed by atoms with van der Waals surface area (Å²) in [4.78, 5) is 0. The maximum atomic E-state index is 10.0. The molecule has 0 aliphatic heterocycles. The van der Waals surface area contributed by atoms with E-state index < -0.39 is 0 Å². The van der Waals surface area contributed by atoms with Crippen molar-refractivity contribution in [3.05, 3.63) is 45.7 Å². The van der Waals surface area contributed by atoms with Gasteiger partial charge in [-0.15, -0.1) is 0 Å². The lowest BCUT2D eigenvalue weighted by atomic mass is 10.0. The molecule has 114 valence electrons. The van der Waals surface area contributed by atoms with Gasteiger partial charge in [0.05, 0.1) is 6.20 Å². The van der Waals surface area contributed by atoms with E-state index in [0.717, 1.165) is 41.5 Å². The summed E-state index contributed by atoms with van der Waals surface area (Å²) in [5, 5.41) is 20.5. The van der Waals surface area contributed by atoms with Crippen molar-refractivity contribution in [3.8, 4) is 5.75 Å². The predicted octanol–water partition coefficient (Wildman–Crippen LogP) is 3.86. The number of aryl methyl sites for hydroxylation is 2. The lowest BCUT2D eigenvalue weighted by Gasteiger charge is -2.19. The molecule has 0 amide bonds. The average molecular weight is 352 g/mol. The topological polar surface area (TPSA) is 60.9 Å². The molecule has 0 bridgehead atoms. The molecule has 0 saturated carbocycles. The number of aromatic nitrogens is 2. The minimum atomic E-state index is 0.174. The van der Waals surface area contributed by atoms with Crippen molar-refractivity contribution in [1.82, 2.24) is 15.5 Å². The van der Waals surface area contributed by atoms with Crippen molar-refractivity contribution in [2.75, 3.05) is 6.54 Å². The number of halogens is 1. The van der Waals surface area contributed by atoms with Gasteiger partial charge in [-0.3, -0.25) is 5.10 Å². The van der Waals surface area contributed by atoms with E-state index >= 15 is 0 Å². The van der Waals surface area contributed by atoms with Gasteiger partial charge in [-0.05, 0) is 56.5 Å². The Morgan fingerprint density at radius 2 is 2.24 bits per heavy atom. The highest BCUT2D eigenvalue weighted by atomic mass is 79.9. The molecule has 1 atom stereocenters. The standard InChI is InChI=1S/C16H22BrN3O/c1-3-15(14-9-13(17)6-7-16(14)21)18-8-4-5-12-10-19-20-11(12)2/h6-7,9-10,15,18,21H,3-5,8H2,1-2H3,(H,19,20). The molecule has 0 aliphatic rings. The Morgan fingerprint density at radius 1 is 1.43 bits per heavy atom. The van der Waals surface area contributed by atoms with Crippen molar-refractivity contribution in [3.63, 3.8) is 0 Å². The Morgan fingerprint density at radius 3 is 2.90 bits per heavy atom. The summed E-state index contributed by atoms with van der Waals surface area (Å²) in [6.45, 7) is 5.08. The number of aromatic hydroxyl groups is 1. The number of phenols is 1. The quantitative estimate of drug-likeness (QED) is 0.663. The first kappa shape index (κ1) is 16.0. The van der Waals surface area contributed by atoms with Gasteiger partial charge in [0.25, 0.3) is 0 Å². The van der Waals surface area contributed by atoms with Crippen LogP contribution in [0.25, 0.3) is 0 Å². The highest BCUT2D eigenvalue weighted by Gasteiger charge is 2.13. The van der Waals surface area contributed by atoms with Crippen LogP contribution in [0, 0.1) is 6.92 Å². The molecule has 0 spiro atoms. The van der Waals surface area contributed by atoms with E-state index in [9.17, 15) is 5.11 Å². The van der Waals surface area contributed by atoms with Gasteiger partial charge >= 0.3 is 0 Å². The van der Waals surface area contributed by atoms with Gasteiger partial charge in [0.15, 0.2) is 0 Å². The van der Waals surface area contributed by atoms with E-state index in [2.05, 4.69) is 38.4 Å². The van der Waals surface area contributed by atoms with Gasteiger partial charge in [-0.2, -0.15) is 5.10 Å². The van der Waals surface area contributed by atoms with Crippen LogP contribution in [-0.2, 0) is 6.42 Å². The maximum Gasteiger partial charge on any atom is 0.120 e. The molecular weight excluding hydrogens is 330 g/mol. The summed E-state index contributed by atoms with van der Waals surface area (Å²) < 4.78 is 0.990. The van der Waals surface area contributed by atoms with Crippen LogP contribution in [0.15, 0.2) is 28.9 Å². The van der Waals surface area contributed by atoms with E-state index in [1.54, 1.807) is 6.07 Å². The average Bonchev–Trinajstić information content (AvgIpc) is 2.88. The highest BCUT2D eigenvalue weighted by Crippen LogP contribution is 2.29. The second kappa shape index (κ2) is 7.61. The van der Waals surface area contributed by atoms with Gasteiger partial charge in [0, 0.05) is 21.8 Å². The third-order valence-electron chi connectivity index (χ3n) is 3.72. The number of benzene rings is 1. The van der Waals surface area contributed by atoms with Crippen LogP contribution in [0.4, 0.5) is 0 Å². The van der Waals surface area contributed by atoms with Crippen molar-refractivity contribution >= 4 is 15.9 Å². The molecule has 5 heteroatoms. The molecule has 1 aromatic carbocycles. The minimum absolute atomic E-state index is 0.174. The molecule has 0 aliphatic carbocycles. The maximum absolute atomic E-state index is 10.0. The van der Waals surface area contributed by atoms with E-state index in [4.69, 9.17) is 0 Å². The van der Waals surface area contributed by atoms with Crippen LogP contribution in [0.3, 0.4) is 0 Å². The number of phenolic OH excluding ortho intramolecular Hbond substituents is 1. The fourth-order valence-corrected chi connectivity index (χ4v) is 2.84. The van der Waals surface area contributed by atoms with E-state index in [1.165, 1.54) is 5.56 Å². The van der Waals surface area contributed by atoms with Crippen LogP contribution >= 0.6 is 15.9 Å². The first-order chi connectivity index (χ1) is 10.1. The molecule has 21 heavy (non-hydrogen) atoms. The van der Waals surface area contributed by atoms with Gasteiger partial charge in [0.2, 0.25) is 0 Å². The summed E-state index contributed by atoms with van der Waals surface area (Å²) in [6, 6.07) is 5.75. The fraction of sp³-hybridized carbons (Fsp3) is 0.438. The number of nitrogens with one attached hydrogen (secondary N) is 2. The zero-order chi connectivity index (χ0) is 15.2. The molecule has 0 radical (unpaired) electrons. The Labute approximate surface area is 134 Å². The first-order valence-electron chi connectivity index (χ1n) is 7.32. The lowest BCUT2D eigenvalue weighted by Crippen LogP contribution is -2.22. The Hall–Kier alpha value is -1.33. The molecule has 1 aromatic heterocycles.